The summed E-state index contributed by atoms with van der Waals surface area (Å²) in [6.07, 6.45) is 0.545. The number of hydrogen-bond acceptors (Lipinski definition) is 6. The first-order chi connectivity index (χ1) is 18.5. The van der Waals surface area contributed by atoms with E-state index in [0.29, 0.717) is 31.2 Å². The molecule has 1 atom stereocenters. The maximum Gasteiger partial charge on any atom is 0.262 e. The van der Waals surface area contributed by atoms with Crippen molar-refractivity contribution in [3.8, 4) is 0 Å². The SMILES string of the molecule is O=C(c1ccccc1F)N(CCN1CCOCC1)CC(=O)N1N=C(c2cccs2)CC1c1ccc(Cl)cc1. The highest BCUT2D eigenvalue weighted by atomic mass is 35.5. The number of thiophene rings is 1. The van der Waals surface area contributed by atoms with Crippen LogP contribution in [0.1, 0.15) is 33.3 Å². The van der Waals surface area contributed by atoms with E-state index in [1.807, 2.05) is 29.6 Å². The highest BCUT2D eigenvalue weighted by Crippen LogP contribution is 2.34. The summed E-state index contributed by atoms with van der Waals surface area (Å²) in [4.78, 5) is 31.8. The molecule has 0 radical (unpaired) electrons. The second-order valence-electron chi connectivity index (χ2n) is 9.19. The monoisotopic (exact) mass is 554 g/mol. The van der Waals surface area contributed by atoms with E-state index >= 15 is 0 Å². The van der Waals surface area contributed by atoms with Crippen molar-refractivity contribution in [3.05, 3.63) is 92.9 Å². The van der Waals surface area contributed by atoms with Crippen molar-refractivity contribution in [3.63, 3.8) is 0 Å². The van der Waals surface area contributed by atoms with Gasteiger partial charge in [0.05, 0.1) is 35.4 Å². The average molecular weight is 555 g/mol. The van der Waals surface area contributed by atoms with Crippen LogP contribution in [0, 0.1) is 5.82 Å². The molecule has 0 spiro atoms. The van der Waals surface area contributed by atoms with Crippen LogP contribution in [0.5, 0.6) is 0 Å². The Bertz CT molecular complexity index is 1300. The van der Waals surface area contributed by atoms with Crippen molar-refractivity contribution < 1.29 is 18.7 Å². The van der Waals surface area contributed by atoms with Gasteiger partial charge >= 0.3 is 0 Å². The fourth-order valence-electron chi connectivity index (χ4n) is 4.66. The van der Waals surface area contributed by atoms with E-state index in [0.717, 1.165) is 29.2 Å². The van der Waals surface area contributed by atoms with Crippen LogP contribution >= 0.6 is 22.9 Å². The van der Waals surface area contributed by atoms with Crippen molar-refractivity contribution in [2.75, 3.05) is 45.9 Å². The molecule has 0 saturated carbocycles. The third kappa shape index (κ3) is 6.13. The predicted molar refractivity (Wildman–Crippen MR) is 146 cm³/mol. The van der Waals surface area contributed by atoms with Gasteiger partial charge in [-0.05, 0) is 41.3 Å². The standard InChI is InChI=1S/C28H28ClFN4O3S/c29-21-9-7-20(8-10-21)25-18-24(26-6-3-17-38-26)31-34(25)27(35)19-33(12-11-32-13-15-37-16-14-32)28(36)22-4-1-2-5-23(22)30/h1-10,17,25H,11-16,18-19H2. The van der Waals surface area contributed by atoms with Crippen molar-refractivity contribution in [2.45, 2.75) is 12.5 Å². The molecule has 0 aliphatic carbocycles. The van der Waals surface area contributed by atoms with E-state index in [1.54, 1.807) is 29.5 Å². The number of carbonyl (C=O) groups is 2. The van der Waals surface area contributed by atoms with Crippen LogP contribution in [0.3, 0.4) is 0 Å². The lowest BCUT2D eigenvalue weighted by molar-refractivity contribution is -0.133. The first-order valence-corrected chi connectivity index (χ1v) is 13.8. The number of rotatable bonds is 8. The van der Waals surface area contributed by atoms with Crippen LogP contribution in [-0.4, -0.2) is 78.3 Å². The Balaban J connectivity index is 1.40. The largest absolute Gasteiger partial charge is 0.379 e. The molecule has 1 aromatic heterocycles. The van der Waals surface area contributed by atoms with E-state index < -0.39 is 11.7 Å². The molecule has 2 aliphatic heterocycles. The third-order valence-corrected chi connectivity index (χ3v) is 7.90. The molecule has 1 unspecified atom stereocenters. The topological polar surface area (TPSA) is 65.5 Å². The van der Waals surface area contributed by atoms with Crippen LogP contribution in [0.15, 0.2) is 71.1 Å². The molecule has 38 heavy (non-hydrogen) atoms. The number of hydrogen-bond donors (Lipinski definition) is 0. The minimum atomic E-state index is -0.612. The summed E-state index contributed by atoms with van der Waals surface area (Å²) in [6.45, 7) is 3.35. The smallest absolute Gasteiger partial charge is 0.262 e. The molecule has 1 fully saturated rings. The number of ether oxygens (including phenoxy) is 1. The lowest BCUT2D eigenvalue weighted by Crippen LogP contribution is -2.46. The van der Waals surface area contributed by atoms with E-state index in [2.05, 4.69) is 4.90 Å². The molecule has 0 bridgehead atoms. The van der Waals surface area contributed by atoms with Gasteiger partial charge in [-0.1, -0.05) is 41.9 Å². The first-order valence-electron chi connectivity index (χ1n) is 12.5. The number of halogens is 2. The summed E-state index contributed by atoms with van der Waals surface area (Å²) in [6, 6.07) is 16.8. The van der Waals surface area contributed by atoms with Crippen molar-refractivity contribution >= 4 is 40.5 Å². The Labute approximate surface area is 230 Å². The summed E-state index contributed by atoms with van der Waals surface area (Å²) in [5, 5.41) is 8.75. The van der Waals surface area contributed by atoms with Crippen LogP contribution in [-0.2, 0) is 9.53 Å². The second kappa shape index (κ2) is 12.2. The van der Waals surface area contributed by atoms with E-state index in [1.165, 1.54) is 28.1 Å². The van der Waals surface area contributed by atoms with Crippen LogP contribution in [0.25, 0.3) is 0 Å². The maximum absolute atomic E-state index is 14.6. The Morgan fingerprint density at radius 3 is 2.55 bits per heavy atom. The van der Waals surface area contributed by atoms with Gasteiger partial charge in [-0.2, -0.15) is 5.10 Å². The molecule has 7 nitrogen and oxygen atoms in total. The third-order valence-electron chi connectivity index (χ3n) is 6.73. The minimum absolute atomic E-state index is 0.0549. The summed E-state index contributed by atoms with van der Waals surface area (Å²) in [5.41, 5.74) is 1.66. The Hall–Kier alpha value is -3.11. The van der Waals surface area contributed by atoms with Gasteiger partial charge in [0.2, 0.25) is 0 Å². The molecule has 3 aromatic rings. The zero-order valence-electron chi connectivity index (χ0n) is 20.8. The summed E-state index contributed by atoms with van der Waals surface area (Å²) in [5.74, 6) is -1.46. The molecule has 2 amide bonds. The van der Waals surface area contributed by atoms with Crippen molar-refractivity contribution in [2.24, 2.45) is 5.10 Å². The molecule has 5 rings (SSSR count). The molecule has 2 aromatic carbocycles. The zero-order valence-corrected chi connectivity index (χ0v) is 22.3. The van der Waals surface area contributed by atoms with E-state index in [9.17, 15) is 14.0 Å². The predicted octanol–water partition coefficient (Wildman–Crippen LogP) is 4.69. The number of benzene rings is 2. The van der Waals surface area contributed by atoms with E-state index in [-0.39, 0.29) is 30.6 Å². The lowest BCUT2D eigenvalue weighted by Gasteiger charge is -2.31. The van der Waals surface area contributed by atoms with Gasteiger partial charge in [-0.15, -0.1) is 11.3 Å². The molecular weight excluding hydrogens is 527 g/mol. The Kier molecular flexibility index (Phi) is 8.48. The Morgan fingerprint density at radius 2 is 1.84 bits per heavy atom. The molecular formula is C28H28ClFN4O3S. The number of hydrazone groups is 1. The number of carbonyl (C=O) groups excluding carboxylic acids is 2. The second-order valence-corrected chi connectivity index (χ2v) is 10.6. The fourth-order valence-corrected chi connectivity index (χ4v) is 5.50. The van der Waals surface area contributed by atoms with Crippen LogP contribution in [0.2, 0.25) is 5.02 Å². The highest BCUT2D eigenvalue weighted by molar-refractivity contribution is 7.12. The van der Waals surface area contributed by atoms with Gasteiger partial charge in [-0.3, -0.25) is 14.5 Å². The maximum atomic E-state index is 14.6. The van der Waals surface area contributed by atoms with Gasteiger partial charge in [0.25, 0.3) is 11.8 Å². The average Bonchev–Trinajstić information content (AvgIpc) is 3.63. The molecule has 2 aliphatic rings. The minimum Gasteiger partial charge on any atom is -0.379 e. The quantitative estimate of drug-likeness (QED) is 0.405. The van der Waals surface area contributed by atoms with Gasteiger partial charge in [0.15, 0.2) is 0 Å². The van der Waals surface area contributed by atoms with Crippen molar-refractivity contribution in [1.29, 1.82) is 0 Å². The van der Waals surface area contributed by atoms with Gasteiger partial charge < -0.3 is 9.64 Å². The van der Waals surface area contributed by atoms with Gasteiger partial charge in [0, 0.05) is 37.6 Å². The fraction of sp³-hybridized carbons (Fsp3) is 0.321. The van der Waals surface area contributed by atoms with Gasteiger partial charge in [-0.25, -0.2) is 9.40 Å². The van der Waals surface area contributed by atoms with Crippen LogP contribution < -0.4 is 0 Å². The van der Waals surface area contributed by atoms with Crippen molar-refractivity contribution in [1.82, 2.24) is 14.8 Å². The van der Waals surface area contributed by atoms with Gasteiger partial charge in [0.1, 0.15) is 12.4 Å². The Morgan fingerprint density at radius 1 is 1.08 bits per heavy atom. The summed E-state index contributed by atoms with van der Waals surface area (Å²) in [7, 11) is 0. The molecule has 3 heterocycles. The number of morpholine rings is 1. The number of amides is 2. The van der Waals surface area contributed by atoms with Crippen LogP contribution in [0.4, 0.5) is 4.39 Å². The zero-order chi connectivity index (χ0) is 26.5. The summed E-state index contributed by atoms with van der Waals surface area (Å²) < 4.78 is 20.0. The highest BCUT2D eigenvalue weighted by Gasteiger charge is 2.35. The molecule has 198 valence electrons. The number of nitrogens with zero attached hydrogens (tertiary/aromatic N) is 4. The lowest BCUT2D eigenvalue weighted by atomic mass is 10.0. The molecule has 10 heteroatoms. The normalized spacial score (nSPS) is 17.9. The summed E-state index contributed by atoms with van der Waals surface area (Å²) >= 11 is 7.67. The van der Waals surface area contributed by atoms with E-state index in [4.69, 9.17) is 21.4 Å². The molecule has 1 saturated heterocycles. The molecule has 0 N–H and O–H groups in total. The first kappa shape index (κ1) is 26.5.